The van der Waals surface area contributed by atoms with E-state index in [0.29, 0.717) is 5.75 Å². The number of phenolic OH excluding ortho intramolecular Hbond substituents is 1. The maximum atomic E-state index is 8.63. The van der Waals surface area contributed by atoms with Crippen molar-refractivity contribution in [1.82, 2.24) is 0 Å². The summed E-state index contributed by atoms with van der Waals surface area (Å²) in [5.74, 6) is 0.322. The standard InChI is InChI=1S/C6H6O.CHNO.CH2O/c7-6-4-2-1-3-5-6;2-1-3;1-2/h1-5,7H;3H;1H2. The second-order valence-electron chi connectivity index (χ2n) is 1.44. The maximum absolute atomic E-state index is 8.63. The summed E-state index contributed by atoms with van der Waals surface area (Å²) in [5, 5.41) is 22.4. The first-order valence-electron chi connectivity index (χ1n) is 2.87. The third-order valence-corrected chi connectivity index (χ3v) is 0.756. The molecule has 0 aliphatic heterocycles. The number of nitriles is 1. The zero-order chi connectivity index (χ0) is 9.82. The second-order valence-corrected chi connectivity index (χ2v) is 1.44. The van der Waals surface area contributed by atoms with E-state index in [9.17, 15) is 0 Å². The van der Waals surface area contributed by atoms with E-state index in [1.54, 1.807) is 24.3 Å². The smallest absolute Gasteiger partial charge is 0.283 e. The molecule has 0 saturated carbocycles. The van der Waals surface area contributed by atoms with E-state index in [2.05, 4.69) is 0 Å². The fraction of sp³-hybridized carbons (Fsp3) is 0. The Morgan fingerprint density at radius 3 is 1.75 bits per heavy atom. The van der Waals surface area contributed by atoms with E-state index in [1.807, 2.05) is 12.9 Å². The molecule has 0 spiro atoms. The van der Waals surface area contributed by atoms with E-state index in [0.717, 1.165) is 6.26 Å². The van der Waals surface area contributed by atoms with Crippen molar-refractivity contribution in [3.05, 3.63) is 30.3 Å². The van der Waals surface area contributed by atoms with Gasteiger partial charge in [0.25, 0.3) is 6.26 Å². The van der Waals surface area contributed by atoms with E-state index in [-0.39, 0.29) is 0 Å². The van der Waals surface area contributed by atoms with Crippen molar-refractivity contribution in [3.8, 4) is 12.0 Å². The summed E-state index contributed by atoms with van der Waals surface area (Å²) >= 11 is 0. The van der Waals surface area contributed by atoms with Gasteiger partial charge in [-0.2, -0.15) is 5.26 Å². The SMILES string of the molecule is C=O.N#CO.Oc1ccccc1. The van der Waals surface area contributed by atoms with Crippen LogP contribution in [0.2, 0.25) is 0 Å². The van der Waals surface area contributed by atoms with Gasteiger partial charge in [0.1, 0.15) is 12.5 Å². The molecule has 0 aliphatic carbocycles. The number of aliphatic hydroxyl groups excluding tert-OH is 1. The lowest BCUT2D eigenvalue weighted by Gasteiger charge is -1.82. The van der Waals surface area contributed by atoms with Crippen molar-refractivity contribution >= 4 is 6.79 Å². The Labute approximate surface area is 70.3 Å². The van der Waals surface area contributed by atoms with Crippen LogP contribution in [0.25, 0.3) is 0 Å². The molecular formula is C8H9NO3. The summed E-state index contributed by atoms with van der Waals surface area (Å²) in [6.07, 6.45) is 0.750. The third-order valence-electron chi connectivity index (χ3n) is 0.756. The number of carbonyl (C=O) groups excluding carboxylic acids is 1. The molecule has 0 bridgehead atoms. The van der Waals surface area contributed by atoms with Crippen molar-refractivity contribution in [2.75, 3.05) is 0 Å². The molecule has 4 heteroatoms. The van der Waals surface area contributed by atoms with Crippen LogP contribution in [0.15, 0.2) is 30.3 Å². The molecule has 1 aromatic rings. The summed E-state index contributed by atoms with van der Waals surface area (Å²) in [6, 6.07) is 8.71. The number of phenols is 1. The van der Waals surface area contributed by atoms with Crippen LogP contribution in [-0.2, 0) is 4.79 Å². The van der Waals surface area contributed by atoms with Gasteiger partial charge in [-0.3, -0.25) is 0 Å². The van der Waals surface area contributed by atoms with Crippen LogP contribution in [-0.4, -0.2) is 17.0 Å². The minimum absolute atomic E-state index is 0.322. The Kier molecular flexibility index (Phi) is 12.4. The summed E-state index contributed by atoms with van der Waals surface area (Å²) in [5.41, 5.74) is 0. The first kappa shape index (κ1) is 12.6. The zero-order valence-electron chi connectivity index (χ0n) is 6.34. The van der Waals surface area contributed by atoms with Crippen molar-refractivity contribution in [3.63, 3.8) is 0 Å². The molecule has 0 fully saturated rings. The summed E-state index contributed by atoms with van der Waals surface area (Å²) in [4.78, 5) is 8.00. The number of hydrogen-bond acceptors (Lipinski definition) is 4. The highest BCUT2D eigenvalue weighted by atomic mass is 16.3. The number of aliphatic hydroxyl groups is 1. The third kappa shape index (κ3) is 10.9. The van der Waals surface area contributed by atoms with E-state index >= 15 is 0 Å². The second kappa shape index (κ2) is 11.7. The zero-order valence-corrected chi connectivity index (χ0v) is 6.34. The number of carbonyl (C=O) groups is 1. The van der Waals surface area contributed by atoms with E-state index in [1.165, 1.54) is 0 Å². The molecule has 2 N–H and O–H groups in total. The van der Waals surface area contributed by atoms with Crippen LogP contribution in [0.1, 0.15) is 0 Å². The van der Waals surface area contributed by atoms with Crippen LogP contribution >= 0.6 is 0 Å². The quantitative estimate of drug-likeness (QED) is 0.566. The van der Waals surface area contributed by atoms with Crippen LogP contribution in [0.3, 0.4) is 0 Å². The minimum Gasteiger partial charge on any atom is -0.508 e. The Balaban J connectivity index is 0. The number of para-hydroxylation sites is 1. The highest BCUT2D eigenvalue weighted by Crippen LogP contribution is 2.02. The molecule has 64 valence electrons. The number of nitrogens with zero attached hydrogens (tertiary/aromatic N) is 1. The molecule has 0 saturated heterocycles. The van der Waals surface area contributed by atoms with Crippen LogP contribution in [0, 0.1) is 11.5 Å². The molecule has 1 aromatic carbocycles. The molecule has 0 amide bonds. The Morgan fingerprint density at radius 1 is 1.25 bits per heavy atom. The van der Waals surface area contributed by atoms with Crippen LogP contribution in [0.5, 0.6) is 5.75 Å². The Hall–Kier alpha value is -2.02. The lowest BCUT2D eigenvalue weighted by molar-refractivity contribution is -0.0979. The van der Waals surface area contributed by atoms with Crippen molar-refractivity contribution < 1.29 is 15.0 Å². The lowest BCUT2D eigenvalue weighted by atomic mass is 10.3. The highest BCUT2D eigenvalue weighted by molar-refractivity contribution is 5.18. The van der Waals surface area contributed by atoms with Crippen molar-refractivity contribution in [1.29, 1.82) is 5.26 Å². The number of rotatable bonds is 0. The number of aromatic hydroxyl groups is 1. The van der Waals surface area contributed by atoms with Gasteiger partial charge >= 0.3 is 0 Å². The van der Waals surface area contributed by atoms with Gasteiger partial charge in [0.15, 0.2) is 0 Å². The van der Waals surface area contributed by atoms with Gasteiger partial charge in [-0.25, -0.2) is 0 Å². The molecule has 1 rings (SSSR count). The molecule has 4 nitrogen and oxygen atoms in total. The summed E-state index contributed by atoms with van der Waals surface area (Å²) < 4.78 is 0. The van der Waals surface area contributed by atoms with Crippen molar-refractivity contribution in [2.24, 2.45) is 0 Å². The Bertz CT molecular complexity index is 217. The number of benzene rings is 1. The monoisotopic (exact) mass is 167 g/mol. The molecule has 0 atom stereocenters. The first-order valence-corrected chi connectivity index (χ1v) is 2.87. The molecule has 0 unspecified atom stereocenters. The topological polar surface area (TPSA) is 81.3 Å². The molecule has 0 aromatic heterocycles. The molecule has 0 radical (unpaired) electrons. The van der Waals surface area contributed by atoms with Gasteiger partial charge in [-0.05, 0) is 12.1 Å². The average Bonchev–Trinajstić information content (AvgIpc) is 2.11. The van der Waals surface area contributed by atoms with Gasteiger partial charge in [0, 0.05) is 0 Å². The molecule has 0 heterocycles. The van der Waals surface area contributed by atoms with Crippen LogP contribution in [0.4, 0.5) is 0 Å². The molecular weight excluding hydrogens is 158 g/mol. The molecule has 12 heavy (non-hydrogen) atoms. The predicted octanol–water partition coefficient (Wildman–Crippen LogP) is 1.05. The lowest BCUT2D eigenvalue weighted by Crippen LogP contribution is -1.56. The van der Waals surface area contributed by atoms with Gasteiger partial charge in [0.2, 0.25) is 0 Å². The summed E-state index contributed by atoms with van der Waals surface area (Å²) in [7, 11) is 0. The first-order chi connectivity index (χ1) is 5.81. The average molecular weight is 167 g/mol. The summed E-state index contributed by atoms with van der Waals surface area (Å²) in [6.45, 7) is 2.00. The normalized spacial score (nSPS) is 5.92. The maximum Gasteiger partial charge on any atom is 0.283 e. The van der Waals surface area contributed by atoms with Gasteiger partial charge in [0.05, 0.1) is 0 Å². The predicted molar refractivity (Wildman–Crippen MR) is 42.8 cm³/mol. The van der Waals surface area contributed by atoms with E-state index in [4.69, 9.17) is 20.3 Å². The fourth-order valence-electron chi connectivity index (χ4n) is 0.428. The van der Waals surface area contributed by atoms with E-state index < -0.39 is 0 Å². The van der Waals surface area contributed by atoms with Gasteiger partial charge < -0.3 is 15.0 Å². The minimum atomic E-state index is 0.322. The van der Waals surface area contributed by atoms with Gasteiger partial charge in [-0.1, -0.05) is 18.2 Å². The van der Waals surface area contributed by atoms with Crippen LogP contribution < -0.4 is 0 Å². The Morgan fingerprint density at radius 2 is 1.58 bits per heavy atom. The van der Waals surface area contributed by atoms with Crippen molar-refractivity contribution in [2.45, 2.75) is 0 Å². The highest BCUT2D eigenvalue weighted by Gasteiger charge is 1.74. The number of hydrogen-bond donors (Lipinski definition) is 2. The van der Waals surface area contributed by atoms with Gasteiger partial charge in [-0.15, -0.1) is 0 Å². The largest absolute Gasteiger partial charge is 0.508 e. The fourth-order valence-corrected chi connectivity index (χ4v) is 0.428. The molecule has 0 aliphatic rings.